The molecule has 0 unspecified atom stereocenters. The molecule has 0 radical (unpaired) electrons. The van der Waals surface area contributed by atoms with Gasteiger partial charge in [-0.1, -0.05) is 18.2 Å². The topological polar surface area (TPSA) is 62.7 Å². The third-order valence-corrected chi connectivity index (χ3v) is 4.44. The summed E-state index contributed by atoms with van der Waals surface area (Å²) in [4.78, 5) is 19.9. The van der Waals surface area contributed by atoms with Crippen LogP contribution in [0.4, 0.5) is 5.69 Å². The molecule has 2 aromatic heterocycles. The predicted molar refractivity (Wildman–Crippen MR) is 103 cm³/mol. The number of rotatable bonds is 4. The van der Waals surface area contributed by atoms with Crippen molar-refractivity contribution in [2.24, 2.45) is 0 Å². The van der Waals surface area contributed by atoms with Crippen molar-refractivity contribution < 1.29 is 4.79 Å². The molecular weight excluding hydrogens is 324 g/mol. The highest BCUT2D eigenvalue weighted by atomic mass is 16.1. The van der Waals surface area contributed by atoms with E-state index in [2.05, 4.69) is 41.3 Å². The van der Waals surface area contributed by atoms with E-state index >= 15 is 0 Å². The molecule has 1 amide bonds. The van der Waals surface area contributed by atoms with Crippen molar-refractivity contribution in [1.82, 2.24) is 14.5 Å². The van der Waals surface area contributed by atoms with Crippen molar-refractivity contribution in [2.75, 3.05) is 5.32 Å². The van der Waals surface area contributed by atoms with Crippen molar-refractivity contribution in [1.29, 1.82) is 0 Å². The second-order valence-electron chi connectivity index (χ2n) is 6.62. The lowest BCUT2D eigenvalue weighted by molar-refractivity contribution is 0.102. The molecule has 4 aromatic rings. The van der Waals surface area contributed by atoms with Gasteiger partial charge in [0.15, 0.2) is 0 Å². The fourth-order valence-electron chi connectivity index (χ4n) is 3.26. The second-order valence-corrected chi connectivity index (χ2v) is 6.62. The van der Waals surface area contributed by atoms with Crippen molar-refractivity contribution in [3.63, 3.8) is 0 Å². The lowest BCUT2D eigenvalue weighted by atomic mass is 10.1. The largest absolute Gasteiger partial charge is 0.351 e. The molecule has 4 rings (SSSR count). The first-order valence-electron chi connectivity index (χ1n) is 8.54. The number of anilines is 1. The summed E-state index contributed by atoms with van der Waals surface area (Å²) in [6.45, 7) is 4.83. The molecule has 0 aliphatic heterocycles. The van der Waals surface area contributed by atoms with Gasteiger partial charge in [-0.2, -0.15) is 0 Å². The van der Waals surface area contributed by atoms with Crippen LogP contribution < -0.4 is 5.32 Å². The van der Waals surface area contributed by atoms with Gasteiger partial charge in [0, 0.05) is 35.5 Å². The number of carbonyl (C=O) groups is 1. The quantitative estimate of drug-likeness (QED) is 0.580. The fraction of sp³-hybridized carbons (Fsp3) is 0.143. The van der Waals surface area contributed by atoms with E-state index < -0.39 is 0 Å². The van der Waals surface area contributed by atoms with Gasteiger partial charge in [-0.15, -0.1) is 0 Å². The lowest BCUT2D eigenvalue weighted by Crippen LogP contribution is -2.12. The highest BCUT2D eigenvalue weighted by Gasteiger charge is 2.11. The van der Waals surface area contributed by atoms with Gasteiger partial charge in [0.2, 0.25) is 0 Å². The molecule has 0 aliphatic rings. The standard InChI is InChI=1S/C21H20N4O/c1-14-8-15(2)18-11-20(24-19(18)9-14)21(26)23-17-5-3-4-16(10-17)12-25-7-6-22-13-25/h3-11,13,24H,12H2,1-2H3,(H,23,26). The van der Waals surface area contributed by atoms with Crippen LogP contribution in [0.2, 0.25) is 0 Å². The Hall–Kier alpha value is -3.34. The molecule has 0 spiro atoms. The maximum absolute atomic E-state index is 12.7. The molecule has 0 aliphatic carbocycles. The van der Waals surface area contributed by atoms with E-state index in [0.717, 1.165) is 27.7 Å². The van der Waals surface area contributed by atoms with Gasteiger partial charge in [-0.3, -0.25) is 4.79 Å². The highest BCUT2D eigenvalue weighted by Crippen LogP contribution is 2.22. The zero-order valence-corrected chi connectivity index (χ0v) is 14.8. The van der Waals surface area contributed by atoms with Gasteiger partial charge in [0.05, 0.1) is 6.33 Å². The summed E-state index contributed by atoms with van der Waals surface area (Å²) in [5.41, 5.74) is 5.77. The Bertz CT molecular complexity index is 1080. The Kier molecular flexibility index (Phi) is 4.05. The van der Waals surface area contributed by atoms with Gasteiger partial charge in [0.1, 0.15) is 5.69 Å². The summed E-state index contributed by atoms with van der Waals surface area (Å²) in [6.07, 6.45) is 5.45. The fourth-order valence-corrected chi connectivity index (χ4v) is 3.26. The number of aromatic amines is 1. The minimum atomic E-state index is -0.141. The van der Waals surface area contributed by atoms with E-state index in [1.807, 2.05) is 41.1 Å². The Morgan fingerprint density at radius 3 is 2.88 bits per heavy atom. The highest BCUT2D eigenvalue weighted by molar-refractivity contribution is 6.06. The number of nitrogens with zero attached hydrogens (tertiary/aromatic N) is 2. The molecule has 0 fully saturated rings. The van der Waals surface area contributed by atoms with Gasteiger partial charge in [-0.25, -0.2) is 4.98 Å². The van der Waals surface area contributed by atoms with Crippen LogP contribution in [0.15, 0.2) is 61.2 Å². The number of hydrogen-bond donors (Lipinski definition) is 2. The summed E-state index contributed by atoms with van der Waals surface area (Å²) < 4.78 is 1.99. The summed E-state index contributed by atoms with van der Waals surface area (Å²) >= 11 is 0. The van der Waals surface area contributed by atoms with Gasteiger partial charge in [0.25, 0.3) is 5.91 Å². The predicted octanol–water partition coefficient (Wildman–Crippen LogP) is 4.28. The summed E-state index contributed by atoms with van der Waals surface area (Å²) in [5.74, 6) is -0.141. The second kappa shape index (κ2) is 6.52. The Labute approximate surface area is 151 Å². The van der Waals surface area contributed by atoms with Gasteiger partial charge >= 0.3 is 0 Å². The van der Waals surface area contributed by atoms with Gasteiger partial charge in [-0.05, 0) is 54.8 Å². The average Bonchev–Trinajstić information content (AvgIpc) is 3.24. The van der Waals surface area contributed by atoms with Crippen LogP contribution in [0.5, 0.6) is 0 Å². The zero-order chi connectivity index (χ0) is 18.1. The molecule has 130 valence electrons. The van der Waals surface area contributed by atoms with Gasteiger partial charge < -0.3 is 14.9 Å². The SMILES string of the molecule is Cc1cc(C)c2cc(C(=O)Nc3cccc(Cn4ccnc4)c3)[nH]c2c1. The molecule has 0 bridgehead atoms. The Morgan fingerprint density at radius 2 is 2.08 bits per heavy atom. The van der Waals surface area contributed by atoms with Crippen LogP contribution in [0.3, 0.4) is 0 Å². The average molecular weight is 344 g/mol. The summed E-state index contributed by atoms with van der Waals surface area (Å²) in [7, 11) is 0. The third-order valence-electron chi connectivity index (χ3n) is 4.44. The van der Waals surface area contributed by atoms with Crippen LogP contribution in [0, 0.1) is 13.8 Å². The first kappa shape index (κ1) is 16.1. The first-order chi connectivity index (χ1) is 12.6. The van der Waals surface area contributed by atoms with Crippen molar-refractivity contribution in [2.45, 2.75) is 20.4 Å². The van der Waals surface area contributed by atoms with Crippen LogP contribution >= 0.6 is 0 Å². The number of carbonyl (C=O) groups excluding carboxylic acids is 1. The minimum absolute atomic E-state index is 0.141. The first-order valence-corrected chi connectivity index (χ1v) is 8.54. The number of aromatic nitrogens is 3. The smallest absolute Gasteiger partial charge is 0.272 e. The Morgan fingerprint density at radius 1 is 1.19 bits per heavy atom. The number of nitrogens with one attached hydrogen (secondary N) is 2. The number of imidazole rings is 1. The van der Waals surface area contributed by atoms with Crippen molar-refractivity contribution in [3.05, 3.63) is 83.6 Å². The van der Waals surface area contributed by atoms with E-state index in [4.69, 9.17) is 0 Å². The van der Waals surface area contributed by atoms with Crippen molar-refractivity contribution in [3.8, 4) is 0 Å². The number of benzene rings is 2. The molecule has 5 nitrogen and oxygen atoms in total. The number of H-pyrrole nitrogens is 1. The van der Waals surface area contributed by atoms with Crippen LogP contribution in [-0.2, 0) is 6.54 Å². The molecular formula is C21H20N4O. The molecule has 0 saturated heterocycles. The number of hydrogen-bond acceptors (Lipinski definition) is 2. The summed E-state index contributed by atoms with van der Waals surface area (Å²) in [6, 6.07) is 14.0. The number of amides is 1. The maximum atomic E-state index is 12.7. The molecule has 2 heterocycles. The zero-order valence-electron chi connectivity index (χ0n) is 14.8. The van der Waals surface area contributed by atoms with E-state index in [9.17, 15) is 4.79 Å². The van der Waals surface area contributed by atoms with Crippen LogP contribution in [0.1, 0.15) is 27.2 Å². The third kappa shape index (κ3) is 3.24. The molecule has 26 heavy (non-hydrogen) atoms. The Balaban J connectivity index is 1.55. The van der Waals surface area contributed by atoms with E-state index in [1.54, 1.807) is 12.5 Å². The van der Waals surface area contributed by atoms with E-state index in [-0.39, 0.29) is 5.91 Å². The lowest BCUT2D eigenvalue weighted by Gasteiger charge is -2.07. The molecule has 2 aromatic carbocycles. The normalized spacial score (nSPS) is 11.0. The van der Waals surface area contributed by atoms with E-state index in [0.29, 0.717) is 12.2 Å². The summed E-state index contributed by atoms with van der Waals surface area (Å²) in [5, 5.41) is 4.06. The molecule has 0 atom stereocenters. The molecule has 2 N–H and O–H groups in total. The maximum Gasteiger partial charge on any atom is 0.272 e. The van der Waals surface area contributed by atoms with Crippen LogP contribution in [-0.4, -0.2) is 20.4 Å². The van der Waals surface area contributed by atoms with Crippen molar-refractivity contribution >= 4 is 22.5 Å². The number of aryl methyl sites for hydroxylation is 2. The number of fused-ring (bicyclic) bond motifs is 1. The minimum Gasteiger partial charge on any atom is -0.351 e. The monoisotopic (exact) mass is 344 g/mol. The molecule has 5 heteroatoms. The molecule has 0 saturated carbocycles. The van der Waals surface area contributed by atoms with E-state index in [1.165, 1.54) is 5.56 Å². The van der Waals surface area contributed by atoms with Crippen LogP contribution in [0.25, 0.3) is 10.9 Å².